The Balaban J connectivity index is 1.71. The summed E-state index contributed by atoms with van der Waals surface area (Å²) in [4.78, 5) is 52.9. The van der Waals surface area contributed by atoms with Crippen LogP contribution in [-0.4, -0.2) is 52.2 Å². The molecule has 4 rings (SSSR count). The van der Waals surface area contributed by atoms with Crippen LogP contribution in [0.4, 0.5) is 28.9 Å². The van der Waals surface area contributed by atoms with Crippen LogP contribution in [0.5, 0.6) is 0 Å². The summed E-state index contributed by atoms with van der Waals surface area (Å²) in [6, 6.07) is 2.47. The Morgan fingerprint density at radius 2 is 1.41 bits per heavy atom. The lowest BCUT2D eigenvalue weighted by atomic mass is 9.66. The van der Waals surface area contributed by atoms with Gasteiger partial charge in [0.2, 0.25) is 24.0 Å². The standard InChI is InChI=1S/C35H48F4N6O4/c1-19(2)45-28(15-16-40-45)34(48)43-30(29(22-11-7-5-8-12-22)23-13-9-6-10-14-23)35(49)42-27-18-26(41-21(4)46)24(17-25(27)36)20(3)33(47)44-32(39)31(37)38/h15-20,22-23,29-32H,5-14H2,1-4H3,(H,41,46)(H,42,49)(H,43,48)(H,44,47)/t20?,30-,32?/m0/s1. The van der Waals surface area contributed by atoms with Gasteiger partial charge in [0.1, 0.15) is 17.6 Å². The quantitative estimate of drug-likeness (QED) is 0.135. The van der Waals surface area contributed by atoms with E-state index < -0.39 is 54.1 Å². The van der Waals surface area contributed by atoms with Crippen molar-refractivity contribution in [2.24, 2.45) is 17.8 Å². The van der Waals surface area contributed by atoms with Crippen LogP contribution in [0.1, 0.15) is 120 Å². The van der Waals surface area contributed by atoms with Gasteiger partial charge < -0.3 is 21.3 Å². The SMILES string of the molecule is CC(=O)Nc1cc(NC(=O)[C@@H](NC(=O)c2ccnn2C(C)C)C(C2CCCCC2)C2CCCCC2)c(F)cc1C(C)C(=O)NC(F)C(F)F. The minimum Gasteiger partial charge on any atom is -0.339 e. The van der Waals surface area contributed by atoms with Gasteiger partial charge in [-0.3, -0.25) is 23.9 Å². The third kappa shape index (κ3) is 9.60. The number of rotatable bonds is 13. The normalized spacial score (nSPS) is 17.9. The molecule has 2 fully saturated rings. The fourth-order valence-electron chi connectivity index (χ4n) is 7.44. The third-order valence-electron chi connectivity index (χ3n) is 9.80. The van der Waals surface area contributed by atoms with Crippen molar-refractivity contribution >= 4 is 35.0 Å². The van der Waals surface area contributed by atoms with Gasteiger partial charge in [-0.25, -0.2) is 17.6 Å². The molecule has 0 saturated heterocycles. The second-order valence-electron chi connectivity index (χ2n) is 13.6. The molecule has 0 spiro atoms. The maximum atomic E-state index is 15.8. The summed E-state index contributed by atoms with van der Waals surface area (Å²) in [5, 5.41) is 14.0. The Morgan fingerprint density at radius 3 is 1.94 bits per heavy atom. The number of benzene rings is 1. The number of nitrogens with one attached hydrogen (secondary N) is 4. The highest BCUT2D eigenvalue weighted by atomic mass is 19.3. The molecular weight excluding hydrogens is 644 g/mol. The molecule has 270 valence electrons. The lowest BCUT2D eigenvalue weighted by Gasteiger charge is -2.42. The van der Waals surface area contributed by atoms with Gasteiger partial charge in [0.15, 0.2) is 0 Å². The number of alkyl halides is 3. The summed E-state index contributed by atoms with van der Waals surface area (Å²) in [6.07, 6.45) is 4.99. The fraction of sp³-hybridized carbons (Fsp3) is 0.629. The van der Waals surface area contributed by atoms with Crippen LogP contribution in [0.25, 0.3) is 0 Å². The van der Waals surface area contributed by atoms with E-state index in [0.717, 1.165) is 76.3 Å². The van der Waals surface area contributed by atoms with Crippen molar-refractivity contribution in [1.82, 2.24) is 20.4 Å². The third-order valence-corrected chi connectivity index (χ3v) is 9.80. The number of aromatic nitrogens is 2. The maximum absolute atomic E-state index is 15.8. The molecule has 4 amide bonds. The molecule has 10 nitrogen and oxygen atoms in total. The number of hydrogen-bond acceptors (Lipinski definition) is 5. The first-order valence-corrected chi connectivity index (χ1v) is 17.3. The first-order chi connectivity index (χ1) is 23.3. The lowest BCUT2D eigenvalue weighted by Crippen LogP contribution is -2.53. The molecule has 1 aromatic heterocycles. The van der Waals surface area contributed by atoms with Gasteiger partial charge in [-0.1, -0.05) is 64.2 Å². The van der Waals surface area contributed by atoms with E-state index in [1.807, 2.05) is 13.8 Å². The number of anilines is 2. The number of halogens is 4. The van der Waals surface area contributed by atoms with Crippen LogP contribution >= 0.6 is 0 Å². The molecule has 0 aliphatic heterocycles. The van der Waals surface area contributed by atoms with E-state index in [9.17, 15) is 32.3 Å². The number of carbonyl (C=O) groups excluding carboxylic acids is 4. The van der Waals surface area contributed by atoms with Gasteiger partial charge in [-0.2, -0.15) is 5.10 Å². The van der Waals surface area contributed by atoms with Gasteiger partial charge in [-0.15, -0.1) is 0 Å². The number of carbonyl (C=O) groups is 4. The van der Waals surface area contributed by atoms with E-state index in [-0.39, 0.29) is 46.4 Å². The van der Waals surface area contributed by atoms with Crippen molar-refractivity contribution in [2.45, 2.75) is 123 Å². The predicted molar refractivity (Wildman–Crippen MR) is 177 cm³/mol. The molecule has 4 N–H and O–H groups in total. The minimum atomic E-state index is -3.47. The Labute approximate surface area is 284 Å². The van der Waals surface area contributed by atoms with Gasteiger partial charge in [-0.05, 0) is 62.3 Å². The smallest absolute Gasteiger partial charge is 0.287 e. The molecule has 2 aliphatic carbocycles. The van der Waals surface area contributed by atoms with Crippen LogP contribution in [0.2, 0.25) is 0 Å². The lowest BCUT2D eigenvalue weighted by molar-refractivity contribution is -0.126. The second kappa shape index (κ2) is 17.1. The van der Waals surface area contributed by atoms with Crippen molar-refractivity contribution in [3.8, 4) is 0 Å². The Bertz CT molecular complexity index is 1450. The largest absolute Gasteiger partial charge is 0.339 e. The Hall–Kier alpha value is -3.97. The molecule has 2 saturated carbocycles. The van der Waals surface area contributed by atoms with Crippen molar-refractivity contribution < 1.29 is 36.7 Å². The van der Waals surface area contributed by atoms with E-state index >= 15 is 4.39 Å². The zero-order chi connectivity index (χ0) is 35.8. The average molecular weight is 693 g/mol. The first kappa shape index (κ1) is 37.8. The molecule has 3 atom stereocenters. The highest BCUT2D eigenvalue weighted by Gasteiger charge is 2.42. The summed E-state index contributed by atoms with van der Waals surface area (Å²) < 4.78 is 56.4. The Morgan fingerprint density at radius 1 is 0.816 bits per heavy atom. The van der Waals surface area contributed by atoms with Crippen LogP contribution in [0.3, 0.4) is 0 Å². The molecule has 1 aromatic carbocycles. The number of amides is 4. The van der Waals surface area contributed by atoms with E-state index in [0.29, 0.717) is 0 Å². The highest BCUT2D eigenvalue weighted by molar-refractivity contribution is 6.01. The van der Waals surface area contributed by atoms with Gasteiger partial charge >= 0.3 is 0 Å². The van der Waals surface area contributed by atoms with E-state index in [2.05, 4.69) is 21.0 Å². The maximum Gasteiger partial charge on any atom is 0.287 e. The molecule has 0 radical (unpaired) electrons. The zero-order valence-electron chi connectivity index (χ0n) is 28.5. The van der Waals surface area contributed by atoms with Crippen molar-refractivity contribution in [2.75, 3.05) is 10.6 Å². The second-order valence-corrected chi connectivity index (χ2v) is 13.6. The van der Waals surface area contributed by atoms with Crippen molar-refractivity contribution in [3.05, 3.63) is 41.5 Å². The van der Waals surface area contributed by atoms with Crippen LogP contribution in [0.15, 0.2) is 24.4 Å². The Kier molecular flexibility index (Phi) is 13.2. The van der Waals surface area contributed by atoms with Crippen LogP contribution < -0.4 is 21.3 Å². The summed E-state index contributed by atoms with van der Waals surface area (Å²) in [5.41, 5.74) is -0.217. The first-order valence-electron chi connectivity index (χ1n) is 17.3. The van der Waals surface area contributed by atoms with Crippen molar-refractivity contribution in [3.63, 3.8) is 0 Å². The van der Waals surface area contributed by atoms with Gasteiger partial charge in [0.05, 0.1) is 11.6 Å². The molecule has 1 heterocycles. The molecular formula is C35H48F4N6O4. The zero-order valence-corrected chi connectivity index (χ0v) is 28.5. The molecule has 2 unspecified atom stereocenters. The molecule has 49 heavy (non-hydrogen) atoms. The van der Waals surface area contributed by atoms with E-state index in [4.69, 9.17) is 0 Å². The van der Waals surface area contributed by atoms with Gasteiger partial charge in [0.25, 0.3) is 12.3 Å². The molecule has 2 aromatic rings. The number of hydrogen-bond donors (Lipinski definition) is 4. The summed E-state index contributed by atoms with van der Waals surface area (Å²) in [5.74, 6) is -5.06. The molecule has 0 bridgehead atoms. The van der Waals surface area contributed by atoms with E-state index in [1.54, 1.807) is 16.1 Å². The van der Waals surface area contributed by atoms with Crippen LogP contribution in [-0.2, 0) is 14.4 Å². The van der Waals surface area contributed by atoms with Crippen molar-refractivity contribution in [1.29, 1.82) is 0 Å². The van der Waals surface area contributed by atoms with E-state index in [1.165, 1.54) is 20.0 Å². The highest BCUT2D eigenvalue weighted by Crippen LogP contribution is 2.42. The molecule has 2 aliphatic rings. The average Bonchev–Trinajstić information content (AvgIpc) is 3.57. The molecule has 14 heteroatoms. The van der Waals surface area contributed by atoms with Gasteiger partial charge in [0, 0.05) is 24.8 Å². The van der Waals surface area contributed by atoms with Crippen LogP contribution in [0, 0.1) is 23.6 Å². The summed E-state index contributed by atoms with van der Waals surface area (Å²) in [6.45, 7) is 6.20. The summed E-state index contributed by atoms with van der Waals surface area (Å²) in [7, 11) is 0. The predicted octanol–water partition coefficient (Wildman–Crippen LogP) is 6.86. The monoisotopic (exact) mass is 692 g/mol. The minimum absolute atomic E-state index is 0.0724. The number of nitrogens with zero attached hydrogens (tertiary/aromatic N) is 2. The fourth-order valence-corrected chi connectivity index (χ4v) is 7.44. The topological polar surface area (TPSA) is 134 Å². The summed E-state index contributed by atoms with van der Waals surface area (Å²) >= 11 is 0.